The average Bonchev–Trinajstić information content (AvgIpc) is 3.41. The van der Waals surface area contributed by atoms with Crippen LogP contribution in [-0.4, -0.2) is 70.0 Å². The zero-order valence-corrected chi connectivity index (χ0v) is 18.0. The van der Waals surface area contributed by atoms with Crippen LogP contribution >= 0.6 is 11.3 Å². The molecule has 6 nitrogen and oxygen atoms in total. The summed E-state index contributed by atoms with van der Waals surface area (Å²) in [5.41, 5.74) is 0. The molecule has 2 saturated heterocycles. The van der Waals surface area contributed by atoms with Crippen LogP contribution in [-0.2, 0) is 16.0 Å². The third kappa shape index (κ3) is 7.70. The summed E-state index contributed by atoms with van der Waals surface area (Å²) < 4.78 is 11.3. The fourth-order valence-electron chi connectivity index (χ4n) is 3.92. The summed E-state index contributed by atoms with van der Waals surface area (Å²) >= 11 is 1.86. The first-order valence-electron chi connectivity index (χ1n) is 10.7. The van der Waals surface area contributed by atoms with Gasteiger partial charge in [-0.1, -0.05) is 6.07 Å². The molecule has 158 valence electrons. The van der Waals surface area contributed by atoms with E-state index in [0.717, 1.165) is 58.3 Å². The largest absolute Gasteiger partial charge is 0.379 e. The van der Waals surface area contributed by atoms with Crippen LogP contribution < -0.4 is 10.6 Å². The van der Waals surface area contributed by atoms with Crippen LogP contribution in [0.2, 0.25) is 0 Å². The molecule has 0 bridgehead atoms. The summed E-state index contributed by atoms with van der Waals surface area (Å²) in [7, 11) is 1.84. The fourth-order valence-corrected chi connectivity index (χ4v) is 4.66. The Bertz CT molecular complexity index is 561. The van der Waals surface area contributed by atoms with Gasteiger partial charge in [0, 0.05) is 51.3 Å². The van der Waals surface area contributed by atoms with Crippen LogP contribution in [0.15, 0.2) is 22.5 Å². The minimum absolute atomic E-state index is 0.317. The molecule has 2 atom stereocenters. The third-order valence-corrected chi connectivity index (χ3v) is 6.29. The van der Waals surface area contributed by atoms with E-state index >= 15 is 0 Å². The molecule has 1 aromatic rings. The summed E-state index contributed by atoms with van der Waals surface area (Å²) in [5, 5.41) is 9.08. The Balaban J connectivity index is 1.25. The molecule has 7 heteroatoms. The van der Waals surface area contributed by atoms with E-state index in [9.17, 15) is 0 Å². The molecule has 0 amide bonds. The van der Waals surface area contributed by atoms with Gasteiger partial charge in [0.1, 0.15) is 0 Å². The van der Waals surface area contributed by atoms with Gasteiger partial charge in [0.15, 0.2) is 5.96 Å². The van der Waals surface area contributed by atoms with E-state index in [4.69, 9.17) is 9.47 Å². The number of guanidine groups is 1. The van der Waals surface area contributed by atoms with E-state index in [1.807, 2.05) is 18.4 Å². The predicted molar refractivity (Wildman–Crippen MR) is 116 cm³/mol. The molecule has 0 radical (unpaired) electrons. The van der Waals surface area contributed by atoms with Crippen molar-refractivity contribution in [2.45, 2.75) is 44.8 Å². The van der Waals surface area contributed by atoms with E-state index < -0.39 is 0 Å². The Hall–Kier alpha value is -1.15. The third-order valence-electron chi connectivity index (χ3n) is 5.43. The van der Waals surface area contributed by atoms with Gasteiger partial charge in [-0.2, -0.15) is 0 Å². The Morgan fingerprint density at radius 3 is 3.11 bits per heavy atom. The monoisotopic (exact) mass is 408 g/mol. The van der Waals surface area contributed by atoms with Crippen molar-refractivity contribution in [2.75, 3.05) is 53.0 Å². The van der Waals surface area contributed by atoms with Gasteiger partial charge < -0.3 is 20.1 Å². The zero-order valence-electron chi connectivity index (χ0n) is 17.2. The molecule has 0 saturated carbocycles. The Morgan fingerprint density at radius 1 is 1.36 bits per heavy atom. The van der Waals surface area contributed by atoms with Gasteiger partial charge >= 0.3 is 0 Å². The van der Waals surface area contributed by atoms with Crippen molar-refractivity contribution in [3.63, 3.8) is 0 Å². The van der Waals surface area contributed by atoms with Gasteiger partial charge in [-0.3, -0.25) is 9.89 Å². The maximum absolute atomic E-state index is 5.71. The first-order chi connectivity index (χ1) is 13.8. The second kappa shape index (κ2) is 12.4. The molecular formula is C21H36N4O2S. The highest BCUT2D eigenvalue weighted by atomic mass is 32.1. The number of ether oxygens (including phenoxy) is 2. The average molecular weight is 409 g/mol. The summed E-state index contributed by atoms with van der Waals surface area (Å²) in [5.74, 6) is 1.58. The van der Waals surface area contributed by atoms with Crippen LogP contribution in [0.5, 0.6) is 0 Å². The second-order valence-electron chi connectivity index (χ2n) is 7.77. The van der Waals surface area contributed by atoms with Gasteiger partial charge in [-0.15, -0.1) is 11.3 Å². The van der Waals surface area contributed by atoms with Crippen molar-refractivity contribution in [3.05, 3.63) is 22.4 Å². The van der Waals surface area contributed by atoms with E-state index in [1.54, 1.807) is 0 Å². The molecule has 0 spiro atoms. The highest BCUT2D eigenvalue weighted by Crippen LogP contribution is 2.20. The minimum atomic E-state index is 0.317. The molecular weight excluding hydrogens is 372 g/mol. The SMILES string of the molecule is CN=C(NCCCOCC1CCCO1)NCC1CCCN(Cc2cccs2)C1. The predicted octanol–water partition coefficient (Wildman–Crippen LogP) is 2.71. The van der Waals surface area contributed by atoms with Crippen molar-refractivity contribution < 1.29 is 9.47 Å². The Kier molecular flexibility index (Phi) is 9.56. The quantitative estimate of drug-likeness (QED) is 0.354. The lowest BCUT2D eigenvalue weighted by Gasteiger charge is -2.32. The van der Waals surface area contributed by atoms with Crippen LogP contribution in [0, 0.1) is 5.92 Å². The second-order valence-corrected chi connectivity index (χ2v) is 8.80. The normalized spacial score (nSPS) is 23.8. The number of thiophene rings is 1. The topological polar surface area (TPSA) is 58.1 Å². The summed E-state index contributed by atoms with van der Waals surface area (Å²) in [6, 6.07) is 4.38. The van der Waals surface area contributed by atoms with Crippen LogP contribution in [0.3, 0.4) is 0 Å². The van der Waals surface area contributed by atoms with Crippen LogP contribution in [0.25, 0.3) is 0 Å². The van der Waals surface area contributed by atoms with Crippen molar-refractivity contribution in [2.24, 2.45) is 10.9 Å². The highest BCUT2D eigenvalue weighted by Gasteiger charge is 2.20. The van der Waals surface area contributed by atoms with Crippen LogP contribution in [0.4, 0.5) is 0 Å². The van der Waals surface area contributed by atoms with Gasteiger partial charge in [-0.25, -0.2) is 0 Å². The summed E-state index contributed by atoms with van der Waals surface area (Å²) in [4.78, 5) is 8.41. The number of rotatable bonds is 10. The molecule has 2 unspecified atom stereocenters. The van der Waals surface area contributed by atoms with Crippen molar-refractivity contribution in [1.82, 2.24) is 15.5 Å². The van der Waals surface area contributed by atoms with Crippen molar-refractivity contribution in [1.29, 1.82) is 0 Å². The maximum Gasteiger partial charge on any atom is 0.190 e. The van der Waals surface area contributed by atoms with Crippen molar-refractivity contribution in [3.8, 4) is 0 Å². The Labute approximate surface area is 173 Å². The number of nitrogens with one attached hydrogen (secondary N) is 2. The molecule has 0 aliphatic carbocycles. The van der Waals surface area contributed by atoms with Gasteiger partial charge in [0.05, 0.1) is 12.7 Å². The lowest BCUT2D eigenvalue weighted by molar-refractivity contribution is 0.0168. The lowest BCUT2D eigenvalue weighted by atomic mass is 9.98. The number of aliphatic imine (C=N–C) groups is 1. The highest BCUT2D eigenvalue weighted by molar-refractivity contribution is 7.09. The molecule has 2 aliphatic heterocycles. The number of hydrogen-bond acceptors (Lipinski definition) is 5. The smallest absolute Gasteiger partial charge is 0.190 e. The van der Waals surface area contributed by atoms with E-state index in [2.05, 4.69) is 38.0 Å². The zero-order chi connectivity index (χ0) is 19.4. The molecule has 2 N–H and O–H groups in total. The summed E-state index contributed by atoms with van der Waals surface area (Å²) in [6.07, 6.45) is 6.18. The molecule has 1 aromatic heterocycles. The Morgan fingerprint density at radius 2 is 2.32 bits per heavy atom. The fraction of sp³-hybridized carbons (Fsp3) is 0.762. The molecule has 2 fully saturated rings. The number of piperidine rings is 1. The minimum Gasteiger partial charge on any atom is -0.379 e. The first-order valence-corrected chi connectivity index (χ1v) is 11.6. The summed E-state index contributed by atoms with van der Waals surface area (Å²) in [6.45, 7) is 7.72. The van der Waals surface area contributed by atoms with Gasteiger partial charge in [-0.05, 0) is 56.0 Å². The molecule has 3 rings (SSSR count). The molecule has 28 heavy (non-hydrogen) atoms. The first kappa shape index (κ1) is 21.6. The maximum atomic E-state index is 5.71. The van der Waals surface area contributed by atoms with Gasteiger partial charge in [0.25, 0.3) is 0 Å². The van der Waals surface area contributed by atoms with E-state index in [1.165, 1.54) is 37.2 Å². The number of likely N-dealkylation sites (tertiary alicyclic amines) is 1. The number of nitrogens with zero attached hydrogens (tertiary/aromatic N) is 2. The molecule has 0 aromatic carbocycles. The van der Waals surface area contributed by atoms with E-state index in [-0.39, 0.29) is 0 Å². The molecule has 2 aliphatic rings. The number of hydrogen-bond donors (Lipinski definition) is 2. The van der Waals surface area contributed by atoms with Gasteiger partial charge in [0.2, 0.25) is 0 Å². The van der Waals surface area contributed by atoms with Crippen LogP contribution in [0.1, 0.15) is 37.0 Å². The lowest BCUT2D eigenvalue weighted by Crippen LogP contribution is -2.44. The molecule has 3 heterocycles. The van der Waals surface area contributed by atoms with Crippen molar-refractivity contribution >= 4 is 17.3 Å². The standard InChI is InChI=1S/C21H36N4O2S/c1-22-21(23-9-5-11-26-17-19-7-3-12-27-19)24-14-18-6-2-10-25(15-18)16-20-8-4-13-28-20/h4,8,13,18-19H,2-3,5-7,9-12,14-17H2,1H3,(H2,22,23,24). The van der Waals surface area contributed by atoms with E-state index in [0.29, 0.717) is 12.0 Å².